The Labute approximate surface area is 156 Å². The fourth-order valence-corrected chi connectivity index (χ4v) is 2.47. The number of carbonyl (C=O) groups is 2. The highest BCUT2D eigenvalue weighted by atomic mass is 35.5. The van der Waals surface area contributed by atoms with E-state index in [-0.39, 0.29) is 18.4 Å². The zero-order chi connectivity index (χ0) is 18.2. The smallest absolute Gasteiger partial charge is 0.251 e. The maximum absolute atomic E-state index is 12.1. The molecule has 0 radical (unpaired) electrons. The third-order valence-corrected chi connectivity index (χ3v) is 4.15. The highest BCUT2D eigenvalue weighted by Gasteiger charge is 2.09. The molecule has 0 heterocycles. The number of hydrogen-bond donors (Lipinski definition) is 3. The number of hydrogen-bond acceptors (Lipinski definition) is 3. The van der Waals surface area contributed by atoms with Crippen LogP contribution >= 0.6 is 23.2 Å². The molecule has 0 bridgehead atoms. The first-order valence-electron chi connectivity index (χ1n) is 7.87. The van der Waals surface area contributed by atoms with Crippen molar-refractivity contribution >= 4 is 46.4 Å². The summed E-state index contributed by atoms with van der Waals surface area (Å²) in [6.45, 7) is 2.61. The molecular formula is C18H19Cl2N3O2. The lowest BCUT2D eigenvalue weighted by Gasteiger charge is -2.11. The van der Waals surface area contributed by atoms with Crippen molar-refractivity contribution in [1.82, 2.24) is 5.32 Å². The molecule has 0 saturated carbocycles. The molecule has 2 aromatic carbocycles. The molecule has 3 N–H and O–H groups in total. The molecule has 2 amide bonds. The highest BCUT2D eigenvalue weighted by molar-refractivity contribution is 6.43. The number of nitrogens with one attached hydrogen (secondary N) is 3. The predicted octanol–water partition coefficient (Wildman–Crippen LogP) is 4.18. The summed E-state index contributed by atoms with van der Waals surface area (Å²) in [6, 6.07) is 11.9. The van der Waals surface area contributed by atoms with Gasteiger partial charge in [-0.05, 0) is 36.8 Å². The molecule has 132 valence electrons. The Morgan fingerprint density at radius 1 is 1.08 bits per heavy atom. The highest BCUT2D eigenvalue weighted by Crippen LogP contribution is 2.29. The molecule has 0 spiro atoms. The van der Waals surface area contributed by atoms with Crippen LogP contribution in [0.15, 0.2) is 42.5 Å². The van der Waals surface area contributed by atoms with E-state index in [0.717, 1.165) is 6.42 Å². The van der Waals surface area contributed by atoms with Gasteiger partial charge in [0.2, 0.25) is 5.91 Å². The van der Waals surface area contributed by atoms with E-state index in [1.165, 1.54) is 0 Å². The average Bonchev–Trinajstić information content (AvgIpc) is 2.61. The topological polar surface area (TPSA) is 70.2 Å². The van der Waals surface area contributed by atoms with Gasteiger partial charge < -0.3 is 16.0 Å². The maximum atomic E-state index is 12.1. The first-order valence-corrected chi connectivity index (χ1v) is 8.63. The van der Waals surface area contributed by atoms with Gasteiger partial charge in [0.25, 0.3) is 5.91 Å². The number of anilines is 2. The Kier molecular flexibility index (Phi) is 7.10. The largest absolute Gasteiger partial charge is 0.375 e. The number of halogens is 2. The molecule has 0 atom stereocenters. The Balaban J connectivity index is 1.94. The van der Waals surface area contributed by atoms with E-state index in [9.17, 15) is 9.59 Å². The summed E-state index contributed by atoms with van der Waals surface area (Å²) in [5.74, 6) is -0.427. The summed E-state index contributed by atoms with van der Waals surface area (Å²) in [5, 5.41) is 9.25. The van der Waals surface area contributed by atoms with E-state index in [0.29, 0.717) is 33.5 Å². The van der Waals surface area contributed by atoms with Crippen LogP contribution in [-0.4, -0.2) is 24.9 Å². The van der Waals surface area contributed by atoms with Gasteiger partial charge in [0.05, 0.1) is 22.3 Å². The van der Waals surface area contributed by atoms with Crippen molar-refractivity contribution in [3.05, 3.63) is 58.1 Å². The van der Waals surface area contributed by atoms with E-state index in [1.54, 1.807) is 42.5 Å². The normalized spacial score (nSPS) is 10.2. The summed E-state index contributed by atoms with van der Waals surface area (Å²) in [6.07, 6.45) is 0.861. The van der Waals surface area contributed by atoms with Crippen molar-refractivity contribution in [3.8, 4) is 0 Å². The van der Waals surface area contributed by atoms with E-state index in [2.05, 4.69) is 16.0 Å². The monoisotopic (exact) mass is 379 g/mol. The van der Waals surface area contributed by atoms with Crippen molar-refractivity contribution in [2.45, 2.75) is 13.3 Å². The summed E-state index contributed by atoms with van der Waals surface area (Å²) in [7, 11) is 0. The quantitative estimate of drug-likeness (QED) is 0.675. The van der Waals surface area contributed by atoms with Gasteiger partial charge in [0.1, 0.15) is 0 Å². The third-order valence-electron chi connectivity index (χ3n) is 3.34. The van der Waals surface area contributed by atoms with Crippen LogP contribution < -0.4 is 16.0 Å². The maximum Gasteiger partial charge on any atom is 0.251 e. The van der Waals surface area contributed by atoms with Crippen LogP contribution in [0.5, 0.6) is 0 Å². The molecule has 0 aliphatic carbocycles. The van der Waals surface area contributed by atoms with Crippen LogP contribution in [0.2, 0.25) is 10.0 Å². The molecule has 0 aliphatic heterocycles. The van der Waals surface area contributed by atoms with Crippen LogP contribution in [-0.2, 0) is 4.79 Å². The van der Waals surface area contributed by atoms with Crippen molar-refractivity contribution in [2.75, 3.05) is 23.7 Å². The van der Waals surface area contributed by atoms with Gasteiger partial charge in [-0.25, -0.2) is 0 Å². The summed E-state index contributed by atoms with van der Waals surface area (Å²) < 4.78 is 0. The van der Waals surface area contributed by atoms with Crippen molar-refractivity contribution < 1.29 is 9.59 Å². The molecule has 0 aliphatic rings. The van der Waals surface area contributed by atoms with Gasteiger partial charge in [0.15, 0.2) is 0 Å². The SMILES string of the molecule is CCCNC(=O)c1cccc(NC(=O)CNc2cccc(Cl)c2Cl)c1. The van der Waals surface area contributed by atoms with Gasteiger partial charge >= 0.3 is 0 Å². The standard InChI is InChI=1S/C18H19Cl2N3O2/c1-2-9-21-18(25)12-5-3-6-13(10-12)23-16(24)11-22-15-8-4-7-14(19)17(15)20/h3-8,10,22H,2,9,11H2,1H3,(H,21,25)(H,23,24). The fraction of sp³-hybridized carbons (Fsp3) is 0.222. The number of amides is 2. The Morgan fingerprint density at radius 2 is 1.84 bits per heavy atom. The van der Waals surface area contributed by atoms with Gasteiger partial charge in [-0.3, -0.25) is 9.59 Å². The molecule has 2 rings (SSSR count). The molecule has 0 aromatic heterocycles. The molecule has 0 fully saturated rings. The van der Waals surface area contributed by atoms with Crippen molar-refractivity contribution in [3.63, 3.8) is 0 Å². The summed E-state index contributed by atoms with van der Waals surface area (Å²) in [5.41, 5.74) is 1.63. The minimum absolute atomic E-state index is 0.0202. The number of rotatable bonds is 7. The van der Waals surface area contributed by atoms with Gasteiger partial charge in [-0.15, -0.1) is 0 Å². The Morgan fingerprint density at radius 3 is 2.60 bits per heavy atom. The molecule has 2 aromatic rings. The first kappa shape index (κ1) is 19.1. The number of carbonyl (C=O) groups excluding carboxylic acids is 2. The number of benzene rings is 2. The van der Waals surface area contributed by atoms with Gasteiger partial charge in [-0.2, -0.15) is 0 Å². The van der Waals surface area contributed by atoms with Gasteiger partial charge in [-0.1, -0.05) is 42.3 Å². The van der Waals surface area contributed by atoms with Crippen LogP contribution in [0, 0.1) is 0 Å². The second kappa shape index (κ2) is 9.30. The summed E-state index contributed by atoms with van der Waals surface area (Å²) >= 11 is 12.0. The molecule has 0 unspecified atom stereocenters. The van der Waals surface area contributed by atoms with Crippen LogP contribution in [0.25, 0.3) is 0 Å². The van der Waals surface area contributed by atoms with E-state index in [4.69, 9.17) is 23.2 Å². The fourth-order valence-electron chi connectivity index (χ4n) is 2.10. The Bertz CT molecular complexity index is 766. The second-order valence-corrected chi connectivity index (χ2v) is 6.12. The summed E-state index contributed by atoms with van der Waals surface area (Å²) in [4.78, 5) is 24.0. The molecule has 25 heavy (non-hydrogen) atoms. The van der Waals surface area contributed by atoms with Crippen LogP contribution in [0.4, 0.5) is 11.4 Å². The predicted molar refractivity (Wildman–Crippen MR) is 103 cm³/mol. The first-order chi connectivity index (χ1) is 12.0. The lowest BCUT2D eigenvalue weighted by Crippen LogP contribution is -2.25. The third kappa shape index (κ3) is 5.66. The minimum atomic E-state index is -0.262. The minimum Gasteiger partial charge on any atom is -0.375 e. The molecular weight excluding hydrogens is 361 g/mol. The average molecular weight is 380 g/mol. The van der Waals surface area contributed by atoms with Crippen LogP contribution in [0.1, 0.15) is 23.7 Å². The van der Waals surface area contributed by atoms with E-state index in [1.807, 2.05) is 6.92 Å². The van der Waals surface area contributed by atoms with Gasteiger partial charge in [0, 0.05) is 17.8 Å². The molecule has 7 heteroatoms. The molecule has 0 saturated heterocycles. The van der Waals surface area contributed by atoms with E-state index < -0.39 is 0 Å². The van der Waals surface area contributed by atoms with Crippen LogP contribution in [0.3, 0.4) is 0 Å². The molecule has 5 nitrogen and oxygen atoms in total. The lowest BCUT2D eigenvalue weighted by atomic mass is 10.2. The Hall–Kier alpha value is -2.24. The zero-order valence-electron chi connectivity index (χ0n) is 13.7. The van der Waals surface area contributed by atoms with E-state index >= 15 is 0 Å². The van der Waals surface area contributed by atoms with Crippen molar-refractivity contribution in [2.24, 2.45) is 0 Å². The zero-order valence-corrected chi connectivity index (χ0v) is 15.2. The second-order valence-electron chi connectivity index (χ2n) is 5.34. The lowest BCUT2D eigenvalue weighted by molar-refractivity contribution is -0.114. The van der Waals surface area contributed by atoms with Crippen molar-refractivity contribution in [1.29, 1.82) is 0 Å².